The number of anilines is 1. The van der Waals surface area contributed by atoms with Crippen LogP contribution >= 0.6 is 0 Å². The Hall–Kier alpha value is -1.12. The second kappa shape index (κ2) is 6.55. The molecule has 0 spiro atoms. The van der Waals surface area contributed by atoms with Crippen LogP contribution in [0.15, 0.2) is 24.3 Å². The highest BCUT2D eigenvalue weighted by atomic mass is 32.2. The summed E-state index contributed by atoms with van der Waals surface area (Å²) in [6.07, 6.45) is 3.40. The number of hydrogen-bond donors (Lipinski definition) is 0. The normalized spacial score (nSPS) is 12.3. The number of rotatable bonds is 7. The van der Waals surface area contributed by atoms with Gasteiger partial charge < -0.3 is 0 Å². The summed E-state index contributed by atoms with van der Waals surface area (Å²) in [5, 5.41) is 0. The van der Waals surface area contributed by atoms with E-state index in [-0.39, 0.29) is 6.61 Å². The van der Waals surface area contributed by atoms with Gasteiger partial charge in [-0.05, 0) is 30.5 Å². The molecule has 0 saturated carbocycles. The van der Waals surface area contributed by atoms with E-state index in [0.717, 1.165) is 18.1 Å². The molecular weight excluding hydrogens is 302 g/mol. The predicted molar refractivity (Wildman–Crippen MR) is 78.8 cm³/mol. The number of sulfonamides is 1. The Morgan fingerprint density at radius 1 is 1.05 bits per heavy atom. The van der Waals surface area contributed by atoms with Gasteiger partial charge in [0.1, 0.15) is 0 Å². The lowest BCUT2D eigenvalue weighted by Gasteiger charge is -2.16. The molecule has 20 heavy (non-hydrogen) atoms. The largest absolute Gasteiger partial charge is 0.274 e. The highest BCUT2D eigenvalue weighted by molar-refractivity contribution is 7.92. The van der Waals surface area contributed by atoms with E-state index in [0.29, 0.717) is 18.5 Å². The second-order valence-corrected chi connectivity index (χ2v) is 8.18. The summed E-state index contributed by atoms with van der Waals surface area (Å²) >= 11 is 0. The minimum absolute atomic E-state index is 0.143. The zero-order valence-corrected chi connectivity index (χ0v) is 13.4. The van der Waals surface area contributed by atoms with Gasteiger partial charge in [-0.2, -0.15) is 8.42 Å². The van der Waals surface area contributed by atoms with E-state index in [1.807, 2.05) is 12.1 Å². The van der Waals surface area contributed by atoms with Gasteiger partial charge in [0.2, 0.25) is 10.0 Å². The van der Waals surface area contributed by atoms with Crippen molar-refractivity contribution in [1.82, 2.24) is 0 Å². The number of benzene rings is 1. The molecule has 0 unspecified atom stereocenters. The van der Waals surface area contributed by atoms with Crippen LogP contribution in [-0.4, -0.2) is 43.0 Å². The summed E-state index contributed by atoms with van der Waals surface area (Å²) in [5.74, 6) is 0. The van der Waals surface area contributed by atoms with Gasteiger partial charge in [0.05, 0.1) is 24.8 Å². The molecule has 0 radical (unpaired) electrons. The Bertz CT molecular complexity index is 635. The lowest BCUT2D eigenvalue weighted by atomic mass is 10.1. The molecule has 1 aromatic carbocycles. The van der Waals surface area contributed by atoms with Crippen molar-refractivity contribution in [3.8, 4) is 0 Å². The molecule has 0 aromatic heterocycles. The molecule has 8 heteroatoms. The first kappa shape index (κ1) is 16.9. The molecule has 0 heterocycles. The zero-order valence-electron chi connectivity index (χ0n) is 11.7. The Labute approximate surface area is 120 Å². The van der Waals surface area contributed by atoms with Crippen LogP contribution in [0.4, 0.5) is 5.69 Å². The van der Waals surface area contributed by atoms with Crippen molar-refractivity contribution >= 4 is 25.8 Å². The molecule has 0 saturated heterocycles. The van der Waals surface area contributed by atoms with Gasteiger partial charge in [-0.15, -0.1) is 0 Å². The number of aryl methyl sites for hydroxylation is 1. The average Bonchev–Trinajstić information content (AvgIpc) is 2.32. The molecule has 1 aromatic rings. The van der Waals surface area contributed by atoms with E-state index >= 15 is 0 Å². The summed E-state index contributed by atoms with van der Waals surface area (Å²) in [6.45, 7) is 0.143. The van der Waals surface area contributed by atoms with Crippen molar-refractivity contribution in [2.75, 3.05) is 30.5 Å². The maximum absolute atomic E-state index is 11.4. The molecule has 0 aliphatic carbocycles. The van der Waals surface area contributed by atoms with Crippen LogP contribution in [0.2, 0.25) is 0 Å². The molecule has 0 bridgehead atoms. The molecule has 6 nitrogen and oxygen atoms in total. The van der Waals surface area contributed by atoms with Gasteiger partial charge in [0, 0.05) is 7.05 Å². The van der Waals surface area contributed by atoms with E-state index in [1.54, 1.807) is 12.1 Å². The van der Waals surface area contributed by atoms with Crippen molar-refractivity contribution in [1.29, 1.82) is 0 Å². The summed E-state index contributed by atoms with van der Waals surface area (Å²) in [4.78, 5) is 0. The molecule has 0 atom stereocenters. The fourth-order valence-corrected chi connectivity index (χ4v) is 2.48. The van der Waals surface area contributed by atoms with Crippen LogP contribution in [0, 0.1) is 0 Å². The summed E-state index contributed by atoms with van der Waals surface area (Å²) in [6, 6.07) is 7.07. The minimum Gasteiger partial charge on any atom is -0.274 e. The van der Waals surface area contributed by atoms with E-state index in [9.17, 15) is 16.8 Å². The van der Waals surface area contributed by atoms with Crippen LogP contribution in [0.3, 0.4) is 0 Å². The molecule has 114 valence electrons. The quantitative estimate of drug-likeness (QED) is 0.552. The van der Waals surface area contributed by atoms with Crippen LogP contribution in [0.1, 0.15) is 12.0 Å². The molecule has 0 aliphatic heterocycles. The van der Waals surface area contributed by atoms with Crippen LogP contribution in [0.25, 0.3) is 0 Å². The van der Waals surface area contributed by atoms with E-state index in [2.05, 4.69) is 4.18 Å². The molecule has 0 amide bonds. The molecule has 0 N–H and O–H groups in total. The first-order chi connectivity index (χ1) is 9.09. The Morgan fingerprint density at radius 3 is 2.05 bits per heavy atom. The Balaban J connectivity index is 2.55. The first-order valence-electron chi connectivity index (χ1n) is 5.97. The maximum Gasteiger partial charge on any atom is 0.264 e. The molecule has 0 aliphatic rings. The predicted octanol–water partition coefficient (Wildman–Crippen LogP) is 0.991. The smallest absolute Gasteiger partial charge is 0.264 e. The maximum atomic E-state index is 11.4. The van der Waals surface area contributed by atoms with Crippen LogP contribution < -0.4 is 4.31 Å². The van der Waals surface area contributed by atoms with Gasteiger partial charge in [-0.3, -0.25) is 8.49 Å². The van der Waals surface area contributed by atoms with Gasteiger partial charge in [0.15, 0.2) is 0 Å². The first-order valence-corrected chi connectivity index (χ1v) is 9.63. The van der Waals surface area contributed by atoms with E-state index in [1.165, 1.54) is 11.4 Å². The van der Waals surface area contributed by atoms with Crippen LogP contribution in [0.5, 0.6) is 0 Å². The molecular formula is C12H19NO5S2. The summed E-state index contributed by atoms with van der Waals surface area (Å²) in [7, 11) is -5.16. The lowest BCUT2D eigenvalue weighted by Crippen LogP contribution is -2.24. The fourth-order valence-electron chi connectivity index (χ4n) is 1.55. The third-order valence-electron chi connectivity index (χ3n) is 2.70. The third kappa shape index (κ3) is 5.89. The topological polar surface area (TPSA) is 80.8 Å². The van der Waals surface area contributed by atoms with Crippen LogP contribution in [-0.2, 0) is 30.7 Å². The lowest BCUT2D eigenvalue weighted by molar-refractivity contribution is 0.316. The standard InChI is InChI=1S/C12H19NO5S2/c1-13(19(2,14)15)12-8-6-11(7-9-12)5-4-10-18-20(3,16)17/h6-9H,4-5,10H2,1-3H3. The van der Waals surface area contributed by atoms with Gasteiger partial charge in [-0.25, -0.2) is 8.42 Å². The van der Waals surface area contributed by atoms with Crippen molar-refractivity contribution in [2.24, 2.45) is 0 Å². The number of nitrogens with zero attached hydrogens (tertiary/aromatic N) is 1. The van der Waals surface area contributed by atoms with Gasteiger partial charge in [-0.1, -0.05) is 12.1 Å². The zero-order chi connectivity index (χ0) is 15.4. The van der Waals surface area contributed by atoms with Crippen molar-refractivity contribution in [3.05, 3.63) is 29.8 Å². The Morgan fingerprint density at radius 2 is 1.60 bits per heavy atom. The number of hydrogen-bond acceptors (Lipinski definition) is 5. The van der Waals surface area contributed by atoms with Gasteiger partial charge in [0.25, 0.3) is 10.1 Å². The molecule has 1 rings (SSSR count). The van der Waals surface area contributed by atoms with Crippen molar-refractivity contribution in [3.63, 3.8) is 0 Å². The SMILES string of the molecule is CN(c1ccc(CCCOS(C)(=O)=O)cc1)S(C)(=O)=O. The Kier molecular flexibility index (Phi) is 5.55. The van der Waals surface area contributed by atoms with Crippen molar-refractivity contribution in [2.45, 2.75) is 12.8 Å². The summed E-state index contributed by atoms with van der Waals surface area (Å²) in [5.41, 5.74) is 1.58. The molecule has 0 fully saturated rings. The minimum atomic E-state index is -3.39. The monoisotopic (exact) mass is 321 g/mol. The highest BCUT2D eigenvalue weighted by Gasteiger charge is 2.11. The third-order valence-corrected chi connectivity index (χ3v) is 4.51. The van der Waals surface area contributed by atoms with E-state index in [4.69, 9.17) is 0 Å². The van der Waals surface area contributed by atoms with Gasteiger partial charge >= 0.3 is 0 Å². The fraction of sp³-hybridized carbons (Fsp3) is 0.500. The second-order valence-electron chi connectivity index (χ2n) is 4.53. The van der Waals surface area contributed by atoms with E-state index < -0.39 is 20.1 Å². The van der Waals surface area contributed by atoms with Crippen molar-refractivity contribution < 1.29 is 21.0 Å². The average molecular weight is 321 g/mol. The highest BCUT2D eigenvalue weighted by Crippen LogP contribution is 2.17. The summed E-state index contributed by atoms with van der Waals surface area (Å²) < 4.78 is 50.1.